The summed E-state index contributed by atoms with van der Waals surface area (Å²) in [4.78, 5) is 8.02. The molecule has 1 aliphatic heterocycles. The fourth-order valence-electron chi connectivity index (χ4n) is 2.33. The van der Waals surface area contributed by atoms with Crippen LogP contribution < -0.4 is 4.90 Å². The van der Waals surface area contributed by atoms with E-state index in [1.165, 1.54) is 6.20 Å². The number of β-amino-alcohol motifs (C(OH)–C–C–N with tert-alkyl or cyclic N) is 1. The van der Waals surface area contributed by atoms with Gasteiger partial charge in [-0.2, -0.15) is 13.2 Å². The van der Waals surface area contributed by atoms with Crippen LogP contribution in [0.3, 0.4) is 0 Å². The molecule has 1 aromatic rings. The molecule has 2 rings (SSSR count). The van der Waals surface area contributed by atoms with E-state index in [0.29, 0.717) is 25.5 Å². The van der Waals surface area contributed by atoms with Crippen molar-refractivity contribution in [1.29, 1.82) is 0 Å². The minimum atomic E-state index is -4.34. The van der Waals surface area contributed by atoms with Crippen molar-refractivity contribution in [2.75, 3.05) is 44.2 Å². The number of alkyl halides is 3. The van der Waals surface area contributed by atoms with Gasteiger partial charge in [0.1, 0.15) is 5.82 Å². The van der Waals surface area contributed by atoms with Gasteiger partial charge in [0, 0.05) is 32.4 Å². The second-order valence-corrected chi connectivity index (χ2v) is 4.81. The van der Waals surface area contributed by atoms with Crippen LogP contribution in [0.5, 0.6) is 0 Å². The Balaban J connectivity index is 2.08. The molecule has 7 heteroatoms. The summed E-state index contributed by atoms with van der Waals surface area (Å²) in [6.45, 7) is 3.56. The van der Waals surface area contributed by atoms with Gasteiger partial charge in [0.05, 0.1) is 12.2 Å². The van der Waals surface area contributed by atoms with E-state index in [2.05, 4.69) is 9.88 Å². The molecule has 4 nitrogen and oxygen atoms in total. The number of hydrogen-bond donors (Lipinski definition) is 1. The van der Waals surface area contributed by atoms with E-state index in [4.69, 9.17) is 5.11 Å². The zero-order valence-electron chi connectivity index (χ0n) is 11.1. The minimum absolute atomic E-state index is 0.0990. The van der Waals surface area contributed by atoms with Gasteiger partial charge in [-0.15, -0.1) is 0 Å². The van der Waals surface area contributed by atoms with Crippen LogP contribution in [0, 0.1) is 0 Å². The molecule has 1 aliphatic rings. The normalized spacial score (nSPS) is 18.1. The predicted molar refractivity (Wildman–Crippen MR) is 69.6 cm³/mol. The third kappa shape index (κ3) is 3.83. The van der Waals surface area contributed by atoms with Crippen LogP contribution in [0.2, 0.25) is 0 Å². The number of aromatic nitrogens is 1. The van der Waals surface area contributed by atoms with E-state index in [-0.39, 0.29) is 6.61 Å². The molecular formula is C13H18F3N3O. The van der Waals surface area contributed by atoms with Gasteiger partial charge < -0.3 is 10.0 Å². The maximum Gasteiger partial charge on any atom is 0.416 e. The van der Waals surface area contributed by atoms with Crippen molar-refractivity contribution < 1.29 is 18.3 Å². The van der Waals surface area contributed by atoms with Gasteiger partial charge in [0.15, 0.2) is 0 Å². The molecule has 0 bridgehead atoms. The molecule has 1 N–H and O–H groups in total. The first-order chi connectivity index (χ1) is 9.50. The summed E-state index contributed by atoms with van der Waals surface area (Å²) in [5, 5.41) is 8.93. The first-order valence-electron chi connectivity index (χ1n) is 6.62. The maximum absolute atomic E-state index is 12.7. The summed E-state index contributed by atoms with van der Waals surface area (Å²) in [6.07, 6.45) is -2.29. The smallest absolute Gasteiger partial charge is 0.395 e. The largest absolute Gasteiger partial charge is 0.416 e. The van der Waals surface area contributed by atoms with Crippen LogP contribution in [0.15, 0.2) is 18.3 Å². The lowest BCUT2D eigenvalue weighted by atomic mass is 10.2. The maximum atomic E-state index is 12.7. The molecule has 20 heavy (non-hydrogen) atoms. The zero-order chi connectivity index (χ0) is 14.6. The molecule has 0 aromatic carbocycles. The number of pyridine rings is 1. The van der Waals surface area contributed by atoms with E-state index in [1.54, 1.807) is 0 Å². The topological polar surface area (TPSA) is 39.6 Å². The minimum Gasteiger partial charge on any atom is -0.395 e. The lowest BCUT2D eigenvalue weighted by Gasteiger charge is -2.23. The van der Waals surface area contributed by atoms with Crippen LogP contribution >= 0.6 is 0 Å². The fraction of sp³-hybridized carbons (Fsp3) is 0.615. The highest BCUT2D eigenvalue weighted by molar-refractivity contribution is 5.42. The van der Waals surface area contributed by atoms with Crippen LogP contribution in [0.4, 0.5) is 19.0 Å². The second-order valence-electron chi connectivity index (χ2n) is 4.81. The monoisotopic (exact) mass is 289 g/mol. The summed E-state index contributed by atoms with van der Waals surface area (Å²) in [5.74, 6) is 0.366. The van der Waals surface area contributed by atoms with Crippen molar-refractivity contribution >= 4 is 5.82 Å². The Morgan fingerprint density at radius 3 is 2.70 bits per heavy atom. The Labute approximate surface area is 115 Å². The van der Waals surface area contributed by atoms with E-state index in [9.17, 15) is 13.2 Å². The third-order valence-corrected chi connectivity index (χ3v) is 3.40. The number of halogens is 3. The Kier molecular flexibility index (Phi) is 4.82. The lowest BCUT2D eigenvalue weighted by molar-refractivity contribution is -0.137. The summed E-state index contributed by atoms with van der Waals surface area (Å²) in [5.41, 5.74) is -0.668. The average molecular weight is 289 g/mol. The molecule has 0 unspecified atom stereocenters. The van der Waals surface area contributed by atoms with Crippen molar-refractivity contribution in [1.82, 2.24) is 9.88 Å². The Morgan fingerprint density at radius 1 is 1.20 bits per heavy atom. The number of anilines is 1. The number of nitrogens with zero attached hydrogens (tertiary/aromatic N) is 3. The number of rotatable bonds is 3. The van der Waals surface area contributed by atoms with Gasteiger partial charge in [-0.3, -0.25) is 4.90 Å². The molecule has 2 heterocycles. The van der Waals surface area contributed by atoms with Gasteiger partial charge in [-0.1, -0.05) is 0 Å². The molecule has 1 aromatic heterocycles. The highest BCUT2D eigenvalue weighted by Gasteiger charge is 2.31. The van der Waals surface area contributed by atoms with Crippen molar-refractivity contribution in [3.63, 3.8) is 0 Å². The van der Waals surface area contributed by atoms with Crippen molar-refractivity contribution in [2.24, 2.45) is 0 Å². The molecule has 0 atom stereocenters. The number of aliphatic hydroxyl groups excluding tert-OH is 1. The summed E-state index contributed by atoms with van der Waals surface area (Å²) in [6, 6.07) is 2.08. The van der Waals surface area contributed by atoms with Crippen LogP contribution in [0.1, 0.15) is 12.0 Å². The second kappa shape index (κ2) is 6.41. The average Bonchev–Trinajstić information content (AvgIpc) is 2.64. The zero-order valence-corrected chi connectivity index (χ0v) is 11.1. The van der Waals surface area contributed by atoms with Crippen LogP contribution in [-0.4, -0.2) is 54.3 Å². The number of aliphatic hydroxyl groups is 1. The SMILES string of the molecule is OCCN1CCCN(c2cc(C(F)(F)F)ccn2)CC1. The van der Waals surface area contributed by atoms with Gasteiger partial charge in [0.2, 0.25) is 0 Å². The van der Waals surface area contributed by atoms with Crippen molar-refractivity contribution in [2.45, 2.75) is 12.6 Å². The molecule has 0 radical (unpaired) electrons. The van der Waals surface area contributed by atoms with Gasteiger partial charge in [-0.05, 0) is 25.1 Å². The molecular weight excluding hydrogens is 271 g/mol. The molecule has 1 fully saturated rings. The van der Waals surface area contributed by atoms with E-state index >= 15 is 0 Å². The molecule has 0 aliphatic carbocycles. The van der Waals surface area contributed by atoms with Crippen molar-refractivity contribution in [3.05, 3.63) is 23.9 Å². The Hall–Kier alpha value is -1.34. The fourth-order valence-corrected chi connectivity index (χ4v) is 2.33. The highest BCUT2D eigenvalue weighted by atomic mass is 19.4. The molecule has 1 saturated heterocycles. The molecule has 112 valence electrons. The van der Waals surface area contributed by atoms with E-state index in [1.807, 2.05) is 4.90 Å². The van der Waals surface area contributed by atoms with Crippen LogP contribution in [-0.2, 0) is 6.18 Å². The molecule has 0 spiro atoms. The van der Waals surface area contributed by atoms with E-state index < -0.39 is 11.7 Å². The quantitative estimate of drug-likeness (QED) is 0.917. The standard InChI is InChI=1S/C13H18F3N3O/c14-13(15,16)11-2-3-17-12(10-11)19-5-1-4-18(6-7-19)8-9-20/h2-3,10,20H,1,4-9H2. The molecule has 0 amide bonds. The van der Waals surface area contributed by atoms with E-state index in [0.717, 1.165) is 31.6 Å². The highest BCUT2D eigenvalue weighted by Crippen LogP contribution is 2.30. The lowest BCUT2D eigenvalue weighted by Crippen LogP contribution is -2.32. The summed E-state index contributed by atoms with van der Waals surface area (Å²) < 4.78 is 38.1. The van der Waals surface area contributed by atoms with Crippen LogP contribution in [0.25, 0.3) is 0 Å². The first-order valence-corrected chi connectivity index (χ1v) is 6.62. The summed E-state index contributed by atoms with van der Waals surface area (Å²) >= 11 is 0. The van der Waals surface area contributed by atoms with Gasteiger partial charge in [0.25, 0.3) is 0 Å². The molecule has 0 saturated carbocycles. The number of hydrogen-bond acceptors (Lipinski definition) is 4. The Bertz CT molecular complexity index is 439. The first kappa shape index (κ1) is 15.1. The van der Waals surface area contributed by atoms with Crippen molar-refractivity contribution in [3.8, 4) is 0 Å². The van der Waals surface area contributed by atoms with Gasteiger partial charge >= 0.3 is 6.18 Å². The third-order valence-electron chi connectivity index (χ3n) is 3.40. The Morgan fingerprint density at radius 2 is 2.00 bits per heavy atom. The summed E-state index contributed by atoms with van der Waals surface area (Å²) in [7, 11) is 0. The van der Waals surface area contributed by atoms with Gasteiger partial charge in [-0.25, -0.2) is 4.98 Å². The predicted octanol–water partition coefficient (Wildman–Crippen LogP) is 1.60.